The van der Waals surface area contributed by atoms with Crippen LogP contribution in [0.2, 0.25) is 0 Å². The van der Waals surface area contributed by atoms with E-state index < -0.39 is 0 Å². The topological polar surface area (TPSA) is 46.5 Å². The Kier molecular flexibility index (Phi) is 6.53. The number of hydrogen-bond acceptors (Lipinski definition) is 3. The monoisotopic (exact) mass is 348 g/mol. The van der Waals surface area contributed by atoms with Gasteiger partial charge in [0.15, 0.2) is 0 Å². The predicted octanol–water partition coefficient (Wildman–Crippen LogP) is 5.05. The number of allylic oxidation sites excluding steroid dienone is 2. The first-order chi connectivity index (χ1) is 11.7. The Morgan fingerprint density at radius 3 is 2.68 bits per heavy atom. The predicted molar refractivity (Wildman–Crippen MR) is 102 cm³/mol. The van der Waals surface area contributed by atoms with E-state index in [-0.39, 0.29) is 18.0 Å². The molecule has 0 amide bonds. The highest BCUT2D eigenvalue weighted by atomic mass is 16.5. The second-order valence-corrected chi connectivity index (χ2v) is 9.02. The maximum atomic E-state index is 11.3. The zero-order valence-corrected chi connectivity index (χ0v) is 16.7. The van der Waals surface area contributed by atoms with Gasteiger partial charge in [-0.3, -0.25) is 4.79 Å². The maximum absolute atomic E-state index is 11.3. The molecule has 0 saturated heterocycles. The Hall–Kier alpha value is -1.09. The Morgan fingerprint density at radius 1 is 1.32 bits per heavy atom. The van der Waals surface area contributed by atoms with Crippen molar-refractivity contribution >= 4 is 5.97 Å². The van der Waals surface area contributed by atoms with Crippen molar-refractivity contribution in [3.05, 3.63) is 23.3 Å². The van der Waals surface area contributed by atoms with Gasteiger partial charge in [-0.1, -0.05) is 44.9 Å². The summed E-state index contributed by atoms with van der Waals surface area (Å²) < 4.78 is 5.38. The molecular formula is C22H36O3. The lowest BCUT2D eigenvalue weighted by atomic mass is 9.48. The van der Waals surface area contributed by atoms with E-state index in [1.807, 2.05) is 6.08 Å². The number of aliphatic hydroxyl groups excluding tert-OH is 1. The van der Waals surface area contributed by atoms with Crippen LogP contribution in [0.1, 0.15) is 73.1 Å². The zero-order chi connectivity index (χ0) is 18.7. The van der Waals surface area contributed by atoms with Gasteiger partial charge in [0, 0.05) is 6.92 Å². The van der Waals surface area contributed by atoms with Crippen LogP contribution in [-0.2, 0) is 9.53 Å². The summed E-state index contributed by atoms with van der Waals surface area (Å²) in [6.45, 7) is 11.4. The van der Waals surface area contributed by atoms with E-state index in [4.69, 9.17) is 9.84 Å². The molecule has 0 bridgehead atoms. The second kappa shape index (κ2) is 8.07. The van der Waals surface area contributed by atoms with Gasteiger partial charge < -0.3 is 9.84 Å². The van der Waals surface area contributed by atoms with Crippen LogP contribution in [0.5, 0.6) is 0 Å². The van der Waals surface area contributed by atoms with Crippen LogP contribution < -0.4 is 0 Å². The van der Waals surface area contributed by atoms with Gasteiger partial charge in [0.2, 0.25) is 0 Å². The van der Waals surface area contributed by atoms with Gasteiger partial charge in [-0.05, 0) is 67.3 Å². The van der Waals surface area contributed by atoms with Crippen molar-refractivity contribution in [2.24, 2.45) is 22.7 Å². The van der Waals surface area contributed by atoms with Crippen molar-refractivity contribution in [3.8, 4) is 0 Å². The van der Waals surface area contributed by atoms with Crippen LogP contribution in [0.25, 0.3) is 0 Å². The summed E-state index contributed by atoms with van der Waals surface area (Å²) in [6, 6.07) is 0. The van der Waals surface area contributed by atoms with Crippen LogP contribution >= 0.6 is 0 Å². The minimum atomic E-state index is -0.202. The fourth-order valence-electron chi connectivity index (χ4n) is 5.50. The van der Waals surface area contributed by atoms with Gasteiger partial charge in [-0.15, -0.1) is 0 Å². The average Bonchev–Trinajstić information content (AvgIpc) is 2.50. The third-order valence-electron chi connectivity index (χ3n) is 6.84. The van der Waals surface area contributed by atoms with Gasteiger partial charge in [-0.25, -0.2) is 0 Å². The molecule has 142 valence electrons. The summed E-state index contributed by atoms with van der Waals surface area (Å²) in [6.07, 6.45) is 11.3. The maximum Gasteiger partial charge on any atom is 0.302 e. The fraction of sp³-hybridized carbons (Fsp3) is 0.773. The molecule has 3 heteroatoms. The van der Waals surface area contributed by atoms with E-state index in [1.54, 1.807) is 0 Å². The first-order valence-electron chi connectivity index (χ1n) is 9.79. The van der Waals surface area contributed by atoms with Crippen molar-refractivity contribution < 1.29 is 14.6 Å². The standard InChI is InChI=1S/C22H36O3/c1-16(11-14-23)7-9-19-18(15-25-17(2)24)8-10-20-21(3,4)12-6-13-22(19,20)5/h8,11,19-20,23H,6-7,9-10,12-15H2,1-5H3/b16-11+/t19-,20?,22+/m0/s1. The fourth-order valence-corrected chi connectivity index (χ4v) is 5.50. The summed E-state index contributed by atoms with van der Waals surface area (Å²) in [7, 11) is 0. The highest BCUT2D eigenvalue weighted by molar-refractivity contribution is 5.66. The zero-order valence-electron chi connectivity index (χ0n) is 16.7. The van der Waals surface area contributed by atoms with Gasteiger partial charge in [0.05, 0.1) is 6.61 Å². The van der Waals surface area contributed by atoms with Gasteiger partial charge >= 0.3 is 5.97 Å². The van der Waals surface area contributed by atoms with Crippen LogP contribution in [0.3, 0.4) is 0 Å². The van der Waals surface area contributed by atoms with Crippen LogP contribution in [0, 0.1) is 22.7 Å². The molecular weight excluding hydrogens is 312 g/mol. The Labute approximate surface area is 153 Å². The van der Waals surface area contributed by atoms with Gasteiger partial charge in [-0.2, -0.15) is 0 Å². The molecule has 2 rings (SSSR count). The lowest BCUT2D eigenvalue weighted by molar-refractivity contribution is -0.140. The number of rotatable bonds is 6. The number of hydrogen-bond donors (Lipinski definition) is 1. The highest BCUT2D eigenvalue weighted by Gasteiger charge is 2.52. The number of esters is 1. The smallest absolute Gasteiger partial charge is 0.302 e. The van der Waals surface area contributed by atoms with Crippen LogP contribution in [-0.4, -0.2) is 24.3 Å². The number of carbonyl (C=O) groups excluding carboxylic acids is 1. The number of aliphatic hydroxyl groups is 1. The Morgan fingerprint density at radius 2 is 2.04 bits per heavy atom. The van der Waals surface area contributed by atoms with Crippen molar-refractivity contribution in [3.63, 3.8) is 0 Å². The molecule has 0 heterocycles. The minimum Gasteiger partial charge on any atom is -0.461 e. The summed E-state index contributed by atoms with van der Waals surface area (Å²) in [5.74, 6) is 0.932. The summed E-state index contributed by atoms with van der Waals surface area (Å²) in [4.78, 5) is 11.3. The van der Waals surface area contributed by atoms with E-state index in [9.17, 15) is 4.79 Å². The average molecular weight is 349 g/mol. The summed E-state index contributed by atoms with van der Waals surface area (Å²) in [5, 5.41) is 9.13. The number of fused-ring (bicyclic) bond motifs is 1. The molecule has 25 heavy (non-hydrogen) atoms. The van der Waals surface area contributed by atoms with Crippen molar-refractivity contribution in [2.75, 3.05) is 13.2 Å². The molecule has 1 N–H and O–H groups in total. The summed E-state index contributed by atoms with van der Waals surface area (Å²) >= 11 is 0. The minimum absolute atomic E-state index is 0.111. The molecule has 0 spiro atoms. The van der Waals surface area contributed by atoms with Gasteiger partial charge in [0.1, 0.15) is 6.61 Å². The second-order valence-electron chi connectivity index (χ2n) is 9.02. The normalized spacial score (nSPS) is 31.9. The molecule has 1 fully saturated rings. The van der Waals surface area contributed by atoms with Gasteiger partial charge in [0.25, 0.3) is 0 Å². The molecule has 1 unspecified atom stereocenters. The van der Waals surface area contributed by atoms with E-state index >= 15 is 0 Å². The molecule has 1 saturated carbocycles. The number of ether oxygens (including phenoxy) is 1. The van der Waals surface area contributed by atoms with E-state index in [0.717, 1.165) is 19.3 Å². The van der Waals surface area contributed by atoms with Crippen molar-refractivity contribution in [1.82, 2.24) is 0 Å². The lowest BCUT2D eigenvalue weighted by Gasteiger charge is -2.57. The molecule has 0 aromatic rings. The quantitative estimate of drug-likeness (QED) is 0.540. The lowest BCUT2D eigenvalue weighted by Crippen LogP contribution is -2.49. The highest BCUT2D eigenvalue weighted by Crippen LogP contribution is 2.60. The molecule has 3 nitrogen and oxygen atoms in total. The SMILES string of the molecule is CC(=O)OCC1=CCC2C(C)(C)CCC[C@]2(C)[C@H]1CC/C(C)=C/CO. The summed E-state index contributed by atoms with van der Waals surface area (Å²) in [5.41, 5.74) is 3.19. The first kappa shape index (κ1) is 20.2. The molecule has 0 aliphatic heterocycles. The van der Waals surface area contributed by atoms with E-state index in [0.29, 0.717) is 23.9 Å². The molecule has 2 aliphatic rings. The van der Waals surface area contributed by atoms with Crippen LogP contribution in [0.4, 0.5) is 0 Å². The molecule has 2 aliphatic carbocycles. The molecule has 3 atom stereocenters. The molecule has 0 aromatic heterocycles. The first-order valence-corrected chi connectivity index (χ1v) is 9.79. The van der Waals surface area contributed by atoms with Crippen molar-refractivity contribution in [2.45, 2.75) is 73.1 Å². The van der Waals surface area contributed by atoms with E-state index in [1.165, 1.54) is 37.3 Å². The van der Waals surface area contributed by atoms with Crippen LogP contribution in [0.15, 0.2) is 23.3 Å². The largest absolute Gasteiger partial charge is 0.461 e. The van der Waals surface area contributed by atoms with E-state index in [2.05, 4.69) is 33.8 Å². The molecule has 0 aromatic carbocycles. The van der Waals surface area contributed by atoms with Crippen molar-refractivity contribution in [1.29, 1.82) is 0 Å². The Bertz CT molecular complexity index is 543. The number of carbonyl (C=O) groups is 1. The third kappa shape index (κ3) is 4.55. The molecule has 0 radical (unpaired) electrons. The Balaban J connectivity index is 2.27. The third-order valence-corrected chi connectivity index (χ3v) is 6.84.